The second-order valence-electron chi connectivity index (χ2n) is 2.55. The summed E-state index contributed by atoms with van der Waals surface area (Å²) in [4.78, 5) is 2.17. The number of aromatic nitrogens is 1. The predicted molar refractivity (Wildman–Crippen MR) is 56.7 cm³/mol. The van der Waals surface area contributed by atoms with E-state index >= 15 is 0 Å². The Hall–Kier alpha value is -0.250. The van der Waals surface area contributed by atoms with E-state index in [9.17, 15) is 21.6 Å². The van der Waals surface area contributed by atoms with Gasteiger partial charge in [-0.2, -0.15) is 0 Å². The first-order chi connectivity index (χ1) is 7.50. The molecule has 0 radical (unpaired) electrons. The molecule has 1 aromatic heterocycles. The lowest BCUT2D eigenvalue weighted by atomic mass is 10.5. The van der Waals surface area contributed by atoms with Gasteiger partial charge in [-0.1, -0.05) is 11.6 Å². The van der Waals surface area contributed by atoms with Crippen molar-refractivity contribution in [1.29, 1.82) is 0 Å². The molecule has 96 valence electrons. The van der Waals surface area contributed by atoms with Crippen molar-refractivity contribution >= 4 is 47.3 Å². The number of alkyl halides is 3. The fourth-order valence-electron chi connectivity index (χ4n) is 0.852. The summed E-state index contributed by atoms with van der Waals surface area (Å²) in [6.07, 6.45) is -5.12. The molecule has 0 aliphatic carbocycles. The van der Waals surface area contributed by atoms with E-state index in [4.69, 9.17) is 22.3 Å². The van der Waals surface area contributed by atoms with Gasteiger partial charge in [0.1, 0.15) is 5.15 Å². The summed E-state index contributed by atoms with van der Waals surface area (Å²) in [5.41, 5.74) is 0. The van der Waals surface area contributed by atoms with Crippen molar-refractivity contribution in [2.75, 3.05) is 0 Å². The number of pyridine rings is 1. The molecule has 0 spiro atoms. The predicted octanol–water partition coefficient (Wildman–Crippen LogP) is 3.32. The number of halogens is 6. The van der Waals surface area contributed by atoms with Crippen LogP contribution < -0.4 is 4.74 Å². The molecule has 0 N–H and O–H groups in total. The van der Waals surface area contributed by atoms with Crippen molar-refractivity contribution in [1.82, 2.24) is 4.98 Å². The Labute approximate surface area is 111 Å². The van der Waals surface area contributed by atoms with Crippen LogP contribution in [0.1, 0.15) is 0 Å². The molecule has 0 saturated heterocycles. The first-order valence-corrected chi connectivity index (χ1v) is 7.05. The van der Waals surface area contributed by atoms with E-state index in [0.717, 1.165) is 6.07 Å². The van der Waals surface area contributed by atoms with Crippen LogP contribution in [0.2, 0.25) is 5.15 Å². The van der Waals surface area contributed by atoms with E-state index in [0.29, 0.717) is 0 Å². The van der Waals surface area contributed by atoms with Crippen LogP contribution in [0.25, 0.3) is 0 Å². The lowest BCUT2D eigenvalue weighted by Crippen LogP contribution is -2.19. The summed E-state index contributed by atoms with van der Waals surface area (Å²) in [7, 11) is 0.488. The van der Waals surface area contributed by atoms with Crippen LogP contribution in [0.15, 0.2) is 15.4 Å². The normalized spacial score (nSPS) is 12.6. The first kappa shape index (κ1) is 14.8. The van der Waals surface area contributed by atoms with Crippen molar-refractivity contribution in [2.45, 2.75) is 11.3 Å². The molecule has 0 unspecified atom stereocenters. The van der Waals surface area contributed by atoms with Gasteiger partial charge in [0.25, 0.3) is 9.05 Å². The lowest BCUT2D eigenvalue weighted by Gasteiger charge is -2.11. The Morgan fingerprint density at radius 1 is 1.41 bits per heavy atom. The standard InChI is InChI=1S/C6HBrCl2F3NO3S/c7-2-1-3(8)13-5(16-6(10,11)12)4(2)17(9,14)15/h1H. The van der Waals surface area contributed by atoms with Gasteiger partial charge in [0, 0.05) is 15.2 Å². The molecule has 0 bridgehead atoms. The van der Waals surface area contributed by atoms with Gasteiger partial charge in [0.05, 0.1) is 0 Å². The van der Waals surface area contributed by atoms with Crippen molar-refractivity contribution in [3.05, 3.63) is 15.7 Å². The molecular formula is C6HBrCl2F3NO3S. The molecule has 1 rings (SSSR count). The van der Waals surface area contributed by atoms with Crippen LogP contribution in [0.5, 0.6) is 5.88 Å². The molecule has 0 saturated carbocycles. The molecule has 11 heteroatoms. The Bertz CT molecular complexity index is 548. The monoisotopic (exact) mass is 373 g/mol. The molecule has 0 aliphatic heterocycles. The van der Waals surface area contributed by atoms with Crippen LogP contribution >= 0.6 is 38.2 Å². The van der Waals surface area contributed by atoms with Gasteiger partial charge in [-0.05, 0) is 22.0 Å². The van der Waals surface area contributed by atoms with Crippen LogP contribution in [0.3, 0.4) is 0 Å². The molecule has 0 fully saturated rings. The SMILES string of the molecule is O=S(=O)(Cl)c1c(Br)cc(Cl)nc1OC(F)(F)F. The second kappa shape index (κ2) is 4.79. The van der Waals surface area contributed by atoms with Crippen molar-refractivity contribution in [3.63, 3.8) is 0 Å². The lowest BCUT2D eigenvalue weighted by molar-refractivity contribution is -0.277. The maximum absolute atomic E-state index is 12.0. The minimum atomic E-state index is -5.12. The van der Waals surface area contributed by atoms with Gasteiger partial charge in [-0.15, -0.1) is 13.2 Å². The third kappa shape index (κ3) is 4.16. The summed E-state index contributed by atoms with van der Waals surface area (Å²) >= 11 is 8.08. The Morgan fingerprint density at radius 3 is 2.35 bits per heavy atom. The first-order valence-electron chi connectivity index (χ1n) is 3.57. The van der Waals surface area contributed by atoms with Gasteiger partial charge in [-0.3, -0.25) is 0 Å². The highest BCUT2D eigenvalue weighted by molar-refractivity contribution is 9.10. The quantitative estimate of drug-likeness (QED) is 0.588. The van der Waals surface area contributed by atoms with Crippen molar-refractivity contribution in [2.24, 2.45) is 0 Å². The van der Waals surface area contributed by atoms with E-state index in [1.54, 1.807) is 0 Å². The molecule has 1 aromatic rings. The maximum Gasteiger partial charge on any atom is 0.574 e. The van der Waals surface area contributed by atoms with E-state index in [-0.39, 0.29) is 9.63 Å². The zero-order valence-corrected chi connectivity index (χ0v) is 11.3. The Morgan fingerprint density at radius 2 is 1.94 bits per heavy atom. The number of rotatable bonds is 2. The van der Waals surface area contributed by atoms with Crippen molar-refractivity contribution < 1.29 is 26.3 Å². The average molecular weight is 375 g/mol. The third-order valence-corrected chi connectivity index (χ3v) is 3.75. The van der Waals surface area contributed by atoms with Gasteiger partial charge >= 0.3 is 6.36 Å². The van der Waals surface area contributed by atoms with Crippen LogP contribution in [-0.2, 0) is 9.05 Å². The third-order valence-electron chi connectivity index (χ3n) is 1.32. The highest BCUT2D eigenvalue weighted by Crippen LogP contribution is 2.36. The zero-order valence-electron chi connectivity index (χ0n) is 7.43. The molecular weight excluding hydrogens is 374 g/mol. The number of ether oxygens (including phenoxy) is 1. The fraction of sp³-hybridized carbons (Fsp3) is 0.167. The molecule has 0 aliphatic rings. The number of hydrogen-bond acceptors (Lipinski definition) is 4. The Kier molecular flexibility index (Phi) is 4.17. The minimum Gasteiger partial charge on any atom is -0.386 e. The topological polar surface area (TPSA) is 56.3 Å². The largest absolute Gasteiger partial charge is 0.574 e. The van der Waals surface area contributed by atoms with Crippen molar-refractivity contribution in [3.8, 4) is 5.88 Å². The van der Waals surface area contributed by atoms with E-state index in [1.165, 1.54) is 0 Å². The summed E-state index contributed by atoms with van der Waals surface area (Å²) in [6.45, 7) is 0. The van der Waals surface area contributed by atoms with Gasteiger partial charge in [-0.25, -0.2) is 13.4 Å². The van der Waals surface area contributed by atoms with Crippen LogP contribution in [0.4, 0.5) is 13.2 Å². The number of hydrogen-bond donors (Lipinski definition) is 0. The Balaban J connectivity index is 3.47. The fourth-order valence-corrected chi connectivity index (χ4v) is 3.51. The zero-order chi connectivity index (χ0) is 13.4. The summed E-state index contributed by atoms with van der Waals surface area (Å²) in [6, 6.07) is 0.972. The van der Waals surface area contributed by atoms with E-state index < -0.39 is 26.2 Å². The maximum atomic E-state index is 12.0. The molecule has 4 nitrogen and oxygen atoms in total. The van der Waals surface area contributed by atoms with Gasteiger partial charge in [0.2, 0.25) is 5.88 Å². The molecule has 1 heterocycles. The highest BCUT2D eigenvalue weighted by atomic mass is 79.9. The highest BCUT2D eigenvalue weighted by Gasteiger charge is 2.36. The average Bonchev–Trinajstić information content (AvgIpc) is 1.94. The smallest absolute Gasteiger partial charge is 0.386 e. The molecule has 0 amide bonds. The van der Waals surface area contributed by atoms with E-state index in [1.807, 2.05) is 0 Å². The summed E-state index contributed by atoms with van der Waals surface area (Å²) in [5.74, 6) is -1.24. The van der Waals surface area contributed by atoms with Crippen LogP contribution in [0, 0.1) is 0 Å². The van der Waals surface area contributed by atoms with Gasteiger partial charge in [0.15, 0.2) is 4.90 Å². The second-order valence-corrected chi connectivity index (χ2v) is 6.29. The summed E-state index contributed by atoms with van der Waals surface area (Å²) in [5, 5.41) is -0.389. The summed E-state index contributed by atoms with van der Waals surface area (Å²) < 4.78 is 61.3. The van der Waals surface area contributed by atoms with Crippen LogP contribution in [-0.4, -0.2) is 19.8 Å². The minimum absolute atomic E-state index is 0.285. The van der Waals surface area contributed by atoms with Gasteiger partial charge < -0.3 is 4.74 Å². The van der Waals surface area contributed by atoms with E-state index in [2.05, 4.69) is 25.7 Å². The molecule has 0 aromatic carbocycles. The molecule has 0 atom stereocenters. The molecule has 17 heavy (non-hydrogen) atoms. The number of nitrogens with zero attached hydrogens (tertiary/aromatic N) is 1.